The lowest BCUT2D eigenvalue weighted by molar-refractivity contribution is 0.427. The predicted octanol–water partition coefficient (Wildman–Crippen LogP) is 1.99. The van der Waals surface area contributed by atoms with Crippen LogP contribution < -0.4 is 5.73 Å². The minimum Gasteiger partial charge on any atom is -0.327 e. The lowest BCUT2D eigenvalue weighted by atomic mass is 9.98. The van der Waals surface area contributed by atoms with Gasteiger partial charge in [0.2, 0.25) is 10.0 Å². The van der Waals surface area contributed by atoms with Gasteiger partial charge in [-0.3, -0.25) is 0 Å². The van der Waals surface area contributed by atoms with Crippen LogP contribution in [0.1, 0.15) is 18.4 Å². The Balaban J connectivity index is 0.00000176. The third-order valence-corrected chi connectivity index (χ3v) is 6.77. The zero-order valence-corrected chi connectivity index (χ0v) is 14.2. The Labute approximate surface area is 141 Å². The number of sulfonamides is 1. The highest BCUT2D eigenvalue weighted by atomic mass is 35.5. The molecule has 1 saturated heterocycles. The van der Waals surface area contributed by atoms with Crippen molar-refractivity contribution in [3.05, 3.63) is 28.8 Å². The summed E-state index contributed by atoms with van der Waals surface area (Å²) in [6.45, 7) is 0.920. The Hall–Kier alpha value is -0.840. The number of hydrogen-bond donors (Lipinski definition) is 1. The molecule has 0 bridgehead atoms. The highest BCUT2D eigenvalue weighted by molar-refractivity contribution is 7.89. The van der Waals surface area contributed by atoms with Crippen molar-refractivity contribution in [1.82, 2.24) is 4.31 Å². The molecule has 22 heavy (non-hydrogen) atoms. The molecule has 1 saturated carbocycles. The average molecular weight is 362 g/mol. The van der Waals surface area contributed by atoms with E-state index in [2.05, 4.69) is 0 Å². The van der Waals surface area contributed by atoms with Crippen molar-refractivity contribution in [3.8, 4) is 6.07 Å². The van der Waals surface area contributed by atoms with Crippen LogP contribution in [0.3, 0.4) is 0 Å². The maximum atomic E-state index is 12.8. The third kappa shape index (κ3) is 2.72. The van der Waals surface area contributed by atoms with E-state index in [9.17, 15) is 13.7 Å². The van der Waals surface area contributed by atoms with E-state index in [1.54, 1.807) is 6.07 Å². The molecule has 2 fully saturated rings. The first-order chi connectivity index (χ1) is 9.95. The molecular weight excluding hydrogens is 345 g/mol. The zero-order chi connectivity index (χ0) is 15.2. The Morgan fingerprint density at radius 3 is 2.68 bits per heavy atom. The second-order valence-corrected chi connectivity index (χ2v) is 8.03. The van der Waals surface area contributed by atoms with Gasteiger partial charge in [0.25, 0.3) is 0 Å². The maximum absolute atomic E-state index is 12.8. The topological polar surface area (TPSA) is 87.2 Å². The molecule has 3 rings (SSSR count). The van der Waals surface area contributed by atoms with Gasteiger partial charge in [0.1, 0.15) is 11.0 Å². The van der Waals surface area contributed by atoms with Crippen LogP contribution in [0, 0.1) is 23.2 Å². The number of benzene rings is 1. The number of nitriles is 1. The second-order valence-electron chi connectivity index (χ2n) is 5.71. The smallest absolute Gasteiger partial charge is 0.244 e. The molecule has 8 heteroatoms. The van der Waals surface area contributed by atoms with Crippen LogP contribution in [-0.4, -0.2) is 31.9 Å². The van der Waals surface area contributed by atoms with Crippen LogP contribution in [0.5, 0.6) is 0 Å². The first-order valence-corrected chi connectivity index (χ1v) is 8.71. The highest BCUT2D eigenvalue weighted by Crippen LogP contribution is 2.39. The van der Waals surface area contributed by atoms with Gasteiger partial charge in [-0.05, 0) is 36.8 Å². The molecule has 0 amide bonds. The molecule has 5 nitrogen and oxygen atoms in total. The summed E-state index contributed by atoms with van der Waals surface area (Å²) in [6, 6.07) is 6.48. The molecule has 1 aliphatic heterocycles. The summed E-state index contributed by atoms with van der Waals surface area (Å²) in [5.41, 5.74) is 6.06. The standard InChI is InChI=1S/C14H16ClN3O2S.ClH/c15-12-2-1-3-14(10(12)6-16)21(19,20)18-7-9-4-5-13(17)11(9)8-18;/h1-3,9,11,13H,4-5,7-8,17H2;1H. The fourth-order valence-corrected chi connectivity index (χ4v) is 5.40. The van der Waals surface area contributed by atoms with E-state index in [1.807, 2.05) is 6.07 Å². The van der Waals surface area contributed by atoms with Crippen molar-refractivity contribution < 1.29 is 8.42 Å². The summed E-state index contributed by atoms with van der Waals surface area (Å²) in [6.07, 6.45) is 1.93. The van der Waals surface area contributed by atoms with Gasteiger partial charge in [-0.2, -0.15) is 9.57 Å². The molecule has 1 aromatic carbocycles. The lowest BCUT2D eigenvalue weighted by Crippen LogP contribution is -2.33. The molecule has 120 valence electrons. The molecule has 1 aliphatic carbocycles. The van der Waals surface area contributed by atoms with Gasteiger partial charge in [0, 0.05) is 19.1 Å². The predicted molar refractivity (Wildman–Crippen MR) is 86.4 cm³/mol. The molecule has 3 atom stereocenters. The fraction of sp³-hybridized carbons (Fsp3) is 0.500. The molecule has 0 spiro atoms. The summed E-state index contributed by atoms with van der Waals surface area (Å²) in [7, 11) is -3.70. The molecule has 1 aromatic rings. The highest BCUT2D eigenvalue weighted by Gasteiger charge is 2.45. The fourth-order valence-electron chi connectivity index (χ4n) is 3.43. The van der Waals surface area contributed by atoms with Gasteiger partial charge in [-0.1, -0.05) is 17.7 Å². The van der Waals surface area contributed by atoms with Gasteiger partial charge in [0.15, 0.2) is 0 Å². The Morgan fingerprint density at radius 1 is 1.32 bits per heavy atom. The number of rotatable bonds is 2. The maximum Gasteiger partial charge on any atom is 0.244 e. The van der Waals surface area contributed by atoms with Crippen molar-refractivity contribution in [2.24, 2.45) is 17.6 Å². The molecule has 2 aliphatic rings. The average Bonchev–Trinajstić information content (AvgIpc) is 3.01. The molecular formula is C14H17Cl2N3O2S. The van der Waals surface area contributed by atoms with Crippen LogP contribution in [0.2, 0.25) is 5.02 Å². The summed E-state index contributed by atoms with van der Waals surface area (Å²) < 4.78 is 27.0. The van der Waals surface area contributed by atoms with Crippen LogP contribution in [-0.2, 0) is 10.0 Å². The zero-order valence-electron chi connectivity index (χ0n) is 11.8. The number of fused-ring (bicyclic) bond motifs is 1. The lowest BCUT2D eigenvalue weighted by Gasteiger charge is -2.19. The van der Waals surface area contributed by atoms with E-state index in [4.69, 9.17) is 17.3 Å². The molecule has 0 radical (unpaired) electrons. The van der Waals surface area contributed by atoms with E-state index < -0.39 is 10.0 Å². The molecule has 0 aromatic heterocycles. The normalized spacial score (nSPS) is 28.0. The first-order valence-electron chi connectivity index (χ1n) is 6.89. The van der Waals surface area contributed by atoms with Gasteiger partial charge < -0.3 is 5.73 Å². The van der Waals surface area contributed by atoms with Crippen LogP contribution in [0.15, 0.2) is 23.1 Å². The van der Waals surface area contributed by atoms with Gasteiger partial charge in [-0.25, -0.2) is 8.42 Å². The first kappa shape index (κ1) is 17.5. The second kappa shape index (κ2) is 6.34. The SMILES string of the molecule is Cl.N#Cc1c(Cl)cccc1S(=O)(=O)N1CC2CCC(N)C2C1. The van der Waals surface area contributed by atoms with Crippen LogP contribution >= 0.6 is 24.0 Å². The Bertz CT molecular complexity index is 717. The van der Waals surface area contributed by atoms with E-state index in [0.29, 0.717) is 19.0 Å². The van der Waals surface area contributed by atoms with Crippen molar-refractivity contribution in [2.75, 3.05) is 13.1 Å². The van der Waals surface area contributed by atoms with Crippen LogP contribution in [0.25, 0.3) is 0 Å². The Morgan fingerprint density at radius 2 is 2.05 bits per heavy atom. The summed E-state index contributed by atoms with van der Waals surface area (Å²) >= 11 is 5.94. The van der Waals surface area contributed by atoms with Crippen LogP contribution in [0.4, 0.5) is 0 Å². The molecule has 3 unspecified atom stereocenters. The molecule has 2 N–H and O–H groups in total. The monoisotopic (exact) mass is 361 g/mol. The van der Waals surface area contributed by atoms with Crippen molar-refractivity contribution in [2.45, 2.75) is 23.8 Å². The number of nitrogens with zero attached hydrogens (tertiary/aromatic N) is 2. The quantitative estimate of drug-likeness (QED) is 0.872. The van der Waals surface area contributed by atoms with E-state index in [-0.39, 0.29) is 39.8 Å². The minimum atomic E-state index is -3.70. The van der Waals surface area contributed by atoms with Crippen molar-refractivity contribution >= 4 is 34.0 Å². The summed E-state index contributed by atoms with van der Waals surface area (Å²) in [5, 5.41) is 9.33. The van der Waals surface area contributed by atoms with Crippen molar-refractivity contribution in [1.29, 1.82) is 5.26 Å². The van der Waals surface area contributed by atoms with Gasteiger partial charge in [-0.15, -0.1) is 12.4 Å². The van der Waals surface area contributed by atoms with Crippen molar-refractivity contribution in [3.63, 3.8) is 0 Å². The van der Waals surface area contributed by atoms with Gasteiger partial charge in [0.05, 0.1) is 10.6 Å². The number of nitrogens with two attached hydrogens (primary N) is 1. The number of halogens is 2. The summed E-state index contributed by atoms with van der Waals surface area (Å²) in [4.78, 5) is -0.00829. The number of hydrogen-bond acceptors (Lipinski definition) is 4. The van der Waals surface area contributed by atoms with Gasteiger partial charge >= 0.3 is 0 Å². The van der Waals surface area contributed by atoms with E-state index in [1.165, 1.54) is 16.4 Å². The molecule has 1 heterocycles. The third-order valence-electron chi connectivity index (χ3n) is 4.58. The summed E-state index contributed by atoms with van der Waals surface area (Å²) in [5.74, 6) is 0.559. The largest absolute Gasteiger partial charge is 0.327 e. The van der Waals surface area contributed by atoms with E-state index in [0.717, 1.165) is 12.8 Å². The minimum absolute atomic E-state index is 0. The Kier molecular flexibility index (Phi) is 5.05. The van der Waals surface area contributed by atoms with E-state index >= 15 is 0 Å².